The Labute approximate surface area is 165 Å². The summed E-state index contributed by atoms with van der Waals surface area (Å²) in [7, 11) is 0. The van der Waals surface area contributed by atoms with Crippen LogP contribution >= 0.6 is 0 Å². The quantitative estimate of drug-likeness (QED) is 0.690. The van der Waals surface area contributed by atoms with E-state index in [0.29, 0.717) is 5.69 Å². The summed E-state index contributed by atoms with van der Waals surface area (Å²) < 4.78 is 1.86. The van der Waals surface area contributed by atoms with E-state index in [-0.39, 0.29) is 5.91 Å². The molecule has 0 unspecified atom stereocenters. The standard InChI is InChI=1S/C23H24N4O/c28-23(22-18-24-19-27(22)21-11-5-2-6-12-21)26-16-14-25(15-17-26)13-7-10-20-8-3-1-4-9-20/h1-12,18-19H,13-17H2. The monoisotopic (exact) mass is 372 g/mol. The van der Waals surface area contributed by atoms with Crippen LogP contribution in [0, 0.1) is 0 Å². The van der Waals surface area contributed by atoms with Gasteiger partial charge in [0, 0.05) is 38.4 Å². The number of hydrogen-bond donors (Lipinski definition) is 0. The molecule has 142 valence electrons. The molecule has 2 aromatic carbocycles. The fourth-order valence-electron chi connectivity index (χ4n) is 3.45. The van der Waals surface area contributed by atoms with Crippen molar-refractivity contribution in [3.63, 3.8) is 0 Å². The lowest BCUT2D eigenvalue weighted by Crippen LogP contribution is -2.48. The first kappa shape index (κ1) is 18.2. The minimum atomic E-state index is 0.0424. The molecule has 0 aliphatic carbocycles. The number of piperazine rings is 1. The van der Waals surface area contributed by atoms with Crippen LogP contribution in [0.4, 0.5) is 0 Å². The molecule has 0 radical (unpaired) electrons. The SMILES string of the molecule is O=C(c1cncn1-c1ccccc1)N1CCN(CC=Cc2ccccc2)CC1. The van der Waals surface area contributed by atoms with Gasteiger partial charge in [0.1, 0.15) is 5.69 Å². The average Bonchev–Trinajstić information content (AvgIpc) is 3.25. The van der Waals surface area contributed by atoms with Gasteiger partial charge in [-0.1, -0.05) is 60.7 Å². The van der Waals surface area contributed by atoms with E-state index in [1.54, 1.807) is 12.5 Å². The molecule has 0 atom stereocenters. The fraction of sp³-hybridized carbons (Fsp3) is 0.217. The van der Waals surface area contributed by atoms with Gasteiger partial charge < -0.3 is 4.90 Å². The third-order valence-electron chi connectivity index (χ3n) is 5.02. The van der Waals surface area contributed by atoms with E-state index in [1.807, 2.05) is 58.0 Å². The molecular formula is C23H24N4O. The van der Waals surface area contributed by atoms with Gasteiger partial charge in [-0.2, -0.15) is 0 Å². The summed E-state index contributed by atoms with van der Waals surface area (Å²) in [6.45, 7) is 4.13. The van der Waals surface area contributed by atoms with Crippen LogP contribution in [0.1, 0.15) is 16.1 Å². The van der Waals surface area contributed by atoms with Gasteiger partial charge in [-0.05, 0) is 17.7 Å². The molecule has 2 heterocycles. The maximum absolute atomic E-state index is 13.0. The van der Waals surface area contributed by atoms with Crippen molar-refractivity contribution >= 4 is 12.0 Å². The van der Waals surface area contributed by atoms with Gasteiger partial charge in [0.25, 0.3) is 5.91 Å². The topological polar surface area (TPSA) is 41.4 Å². The van der Waals surface area contributed by atoms with Crippen LogP contribution in [-0.4, -0.2) is 58.0 Å². The molecular weight excluding hydrogens is 348 g/mol. The molecule has 0 saturated carbocycles. The van der Waals surface area contributed by atoms with Crippen molar-refractivity contribution in [3.8, 4) is 5.69 Å². The first-order valence-electron chi connectivity index (χ1n) is 9.62. The molecule has 1 fully saturated rings. The first-order chi connectivity index (χ1) is 13.8. The lowest BCUT2D eigenvalue weighted by molar-refractivity contribution is 0.0642. The molecule has 28 heavy (non-hydrogen) atoms. The van der Waals surface area contributed by atoms with E-state index in [1.165, 1.54) is 5.56 Å². The third-order valence-corrected chi connectivity index (χ3v) is 5.02. The maximum Gasteiger partial charge on any atom is 0.272 e. The van der Waals surface area contributed by atoms with Gasteiger partial charge in [-0.3, -0.25) is 14.3 Å². The van der Waals surface area contributed by atoms with Crippen molar-refractivity contribution in [2.24, 2.45) is 0 Å². The van der Waals surface area contributed by atoms with Gasteiger partial charge >= 0.3 is 0 Å². The van der Waals surface area contributed by atoms with Crippen molar-refractivity contribution in [2.45, 2.75) is 0 Å². The van der Waals surface area contributed by atoms with Gasteiger partial charge in [-0.15, -0.1) is 0 Å². The second-order valence-electron chi connectivity index (χ2n) is 6.89. The Kier molecular flexibility index (Phi) is 5.64. The zero-order valence-corrected chi connectivity index (χ0v) is 15.8. The van der Waals surface area contributed by atoms with E-state index in [9.17, 15) is 4.79 Å². The van der Waals surface area contributed by atoms with Gasteiger partial charge in [0.2, 0.25) is 0 Å². The molecule has 1 amide bonds. The summed E-state index contributed by atoms with van der Waals surface area (Å²) >= 11 is 0. The molecule has 5 nitrogen and oxygen atoms in total. The molecule has 1 aliphatic heterocycles. The molecule has 4 rings (SSSR count). The summed E-state index contributed by atoms with van der Waals surface area (Å²) in [4.78, 5) is 21.5. The highest BCUT2D eigenvalue weighted by atomic mass is 16.2. The largest absolute Gasteiger partial charge is 0.335 e. The molecule has 0 N–H and O–H groups in total. The van der Waals surface area contributed by atoms with Crippen molar-refractivity contribution in [1.82, 2.24) is 19.4 Å². The number of para-hydroxylation sites is 1. The van der Waals surface area contributed by atoms with Gasteiger partial charge in [0.05, 0.1) is 12.5 Å². The predicted octanol–water partition coefficient (Wildman–Crippen LogP) is 3.34. The van der Waals surface area contributed by atoms with Crippen molar-refractivity contribution in [3.05, 3.63) is 90.5 Å². The average molecular weight is 372 g/mol. The Morgan fingerprint density at radius 1 is 0.929 bits per heavy atom. The number of rotatable bonds is 5. The molecule has 1 saturated heterocycles. The van der Waals surface area contributed by atoms with Crippen LogP contribution in [0.5, 0.6) is 0 Å². The summed E-state index contributed by atoms with van der Waals surface area (Å²) in [6.07, 6.45) is 7.70. The van der Waals surface area contributed by atoms with Gasteiger partial charge in [0.15, 0.2) is 0 Å². The fourth-order valence-corrected chi connectivity index (χ4v) is 3.45. The van der Waals surface area contributed by atoms with Crippen LogP contribution in [0.25, 0.3) is 11.8 Å². The Morgan fingerprint density at radius 2 is 1.61 bits per heavy atom. The number of imidazole rings is 1. The first-order valence-corrected chi connectivity index (χ1v) is 9.62. The number of nitrogens with zero attached hydrogens (tertiary/aromatic N) is 4. The summed E-state index contributed by atoms with van der Waals surface area (Å²) in [5, 5.41) is 0. The molecule has 1 aromatic heterocycles. The number of carbonyl (C=O) groups excluding carboxylic acids is 1. The van der Waals surface area contributed by atoms with Crippen LogP contribution in [0.3, 0.4) is 0 Å². The molecule has 5 heteroatoms. The number of aromatic nitrogens is 2. The highest BCUT2D eigenvalue weighted by molar-refractivity contribution is 5.93. The van der Waals surface area contributed by atoms with E-state index < -0.39 is 0 Å². The van der Waals surface area contributed by atoms with Crippen molar-refractivity contribution in [2.75, 3.05) is 32.7 Å². The number of hydrogen-bond acceptors (Lipinski definition) is 3. The van der Waals surface area contributed by atoms with Crippen molar-refractivity contribution < 1.29 is 4.79 Å². The predicted molar refractivity (Wildman–Crippen MR) is 111 cm³/mol. The van der Waals surface area contributed by atoms with Gasteiger partial charge in [-0.25, -0.2) is 4.98 Å². The molecule has 1 aliphatic rings. The van der Waals surface area contributed by atoms with Crippen LogP contribution < -0.4 is 0 Å². The Morgan fingerprint density at radius 3 is 2.32 bits per heavy atom. The number of amides is 1. The summed E-state index contributed by atoms with van der Waals surface area (Å²) in [5.74, 6) is 0.0424. The highest BCUT2D eigenvalue weighted by Gasteiger charge is 2.24. The lowest BCUT2D eigenvalue weighted by Gasteiger charge is -2.34. The maximum atomic E-state index is 13.0. The van der Waals surface area contributed by atoms with E-state index in [0.717, 1.165) is 38.4 Å². The number of carbonyl (C=O) groups is 1. The lowest BCUT2D eigenvalue weighted by atomic mass is 10.2. The summed E-state index contributed by atoms with van der Waals surface area (Å²) in [5.41, 5.74) is 2.78. The Balaban J connectivity index is 1.34. The minimum Gasteiger partial charge on any atom is -0.335 e. The van der Waals surface area contributed by atoms with Crippen LogP contribution in [0.15, 0.2) is 79.3 Å². The Bertz CT molecular complexity index is 926. The zero-order chi connectivity index (χ0) is 19.2. The minimum absolute atomic E-state index is 0.0424. The van der Waals surface area contributed by atoms with Crippen molar-refractivity contribution in [1.29, 1.82) is 0 Å². The highest BCUT2D eigenvalue weighted by Crippen LogP contribution is 2.14. The summed E-state index contributed by atoms with van der Waals surface area (Å²) in [6, 6.07) is 20.2. The molecule has 0 bridgehead atoms. The normalized spacial score (nSPS) is 15.2. The van der Waals surface area contributed by atoms with E-state index in [4.69, 9.17) is 0 Å². The third kappa shape index (κ3) is 4.21. The smallest absolute Gasteiger partial charge is 0.272 e. The Hall–Kier alpha value is -3.18. The van der Waals surface area contributed by atoms with E-state index >= 15 is 0 Å². The second-order valence-corrected chi connectivity index (χ2v) is 6.89. The zero-order valence-electron chi connectivity index (χ0n) is 15.8. The number of benzene rings is 2. The molecule has 3 aromatic rings. The molecule has 0 spiro atoms. The second kappa shape index (κ2) is 8.67. The van der Waals surface area contributed by atoms with E-state index in [2.05, 4.69) is 34.2 Å². The van der Waals surface area contributed by atoms with Crippen LogP contribution in [0.2, 0.25) is 0 Å². The van der Waals surface area contributed by atoms with Crippen LogP contribution in [-0.2, 0) is 0 Å².